The van der Waals surface area contributed by atoms with E-state index in [1.165, 1.54) is 54.6 Å². The normalized spacial score (nSPS) is 11.3. The minimum absolute atomic E-state index is 0.0540. The Kier molecular flexibility index (Phi) is 11.0. The number of amides is 4. The highest BCUT2D eigenvalue weighted by molar-refractivity contribution is 6.00. The third kappa shape index (κ3) is 8.42. The Bertz CT molecular complexity index is 1490. The van der Waals surface area contributed by atoms with E-state index < -0.39 is 64.2 Å². The van der Waals surface area contributed by atoms with E-state index >= 15 is 0 Å². The maximum Gasteiger partial charge on any atom is 0.255 e. The van der Waals surface area contributed by atoms with E-state index in [4.69, 9.17) is 0 Å². The van der Waals surface area contributed by atoms with Gasteiger partial charge < -0.3 is 51.9 Å². The Balaban J connectivity index is 1.56. The minimum atomic E-state index is -1.11. The van der Waals surface area contributed by atoms with E-state index in [1.54, 1.807) is 0 Å². The van der Waals surface area contributed by atoms with E-state index in [9.17, 15) is 49.8 Å². The monoisotopic (exact) mass is 596 g/mol. The van der Waals surface area contributed by atoms with Crippen molar-refractivity contribution in [3.63, 3.8) is 0 Å². The molecule has 0 saturated carbocycles. The quantitative estimate of drug-likeness (QED) is 0.0998. The maximum atomic E-state index is 13.0. The van der Waals surface area contributed by atoms with Gasteiger partial charge in [0.25, 0.3) is 17.7 Å². The fraction of sp³-hybridized carbons (Fsp3) is 0.241. The molecule has 10 N–H and O–H groups in total. The van der Waals surface area contributed by atoms with Crippen molar-refractivity contribution in [1.29, 1.82) is 0 Å². The summed E-state index contributed by atoms with van der Waals surface area (Å²) >= 11 is 0. The highest BCUT2D eigenvalue weighted by Crippen LogP contribution is 2.29. The molecular weight excluding hydrogens is 564 g/mol. The number of para-hydroxylation sites is 3. The van der Waals surface area contributed by atoms with Crippen LogP contribution in [0.4, 0.5) is 0 Å². The van der Waals surface area contributed by atoms with Crippen molar-refractivity contribution in [1.82, 2.24) is 21.3 Å². The number of phenolic OH excluding ortho intramolecular Hbond substituents is 6. The summed E-state index contributed by atoms with van der Waals surface area (Å²) in [6.45, 7) is 0.0381. The molecular formula is C29H32N4O10. The van der Waals surface area contributed by atoms with Gasteiger partial charge in [-0.25, -0.2) is 0 Å². The standard InChI is InChI=1S/C29H32N4O10/c34-20-10-3-6-16(23(20)37)26(40)30-13-2-1-9-19(33-28(42)18-8-5-12-22(36)25(18)39)29(43)32-15-14-31-27(41)17-7-4-11-21(35)24(17)38/h3-8,10-12,19,34-39H,1-2,9,13-15H2,(H,30,40)(H,31,41)(H,32,43)(H,33,42)/t19-/m0/s1. The van der Waals surface area contributed by atoms with Crippen LogP contribution >= 0.6 is 0 Å². The molecule has 0 spiro atoms. The highest BCUT2D eigenvalue weighted by atomic mass is 16.3. The van der Waals surface area contributed by atoms with Gasteiger partial charge >= 0.3 is 0 Å². The molecule has 3 aromatic carbocycles. The molecule has 4 amide bonds. The number of hydrogen-bond acceptors (Lipinski definition) is 10. The SMILES string of the molecule is O=C(NCCCC[C@H](NC(=O)c1cccc(O)c1O)C(=O)NCCNC(=O)c1cccc(O)c1O)c1cccc(O)c1O. The predicted molar refractivity (Wildman–Crippen MR) is 152 cm³/mol. The first kappa shape index (κ1) is 31.9. The van der Waals surface area contributed by atoms with Crippen molar-refractivity contribution in [2.45, 2.75) is 25.3 Å². The van der Waals surface area contributed by atoms with Crippen molar-refractivity contribution in [3.8, 4) is 34.5 Å². The molecule has 0 aliphatic rings. The first-order valence-electron chi connectivity index (χ1n) is 13.2. The summed E-state index contributed by atoms with van der Waals surface area (Å²) < 4.78 is 0. The molecule has 0 unspecified atom stereocenters. The van der Waals surface area contributed by atoms with E-state index in [-0.39, 0.29) is 42.7 Å². The van der Waals surface area contributed by atoms with Crippen LogP contribution in [0.5, 0.6) is 34.5 Å². The van der Waals surface area contributed by atoms with Gasteiger partial charge in [0, 0.05) is 19.6 Å². The number of unbranched alkanes of at least 4 members (excludes halogenated alkanes) is 1. The van der Waals surface area contributed by atoms with E-state index in [2.05, 4.69) is 21.3 Å². The van der Waals surface area contributed by atoms with E-state index in [0.717, 1.165) is 0 Å². The maximum absolute atomic E-state index is 13.0. The highest BCUT2D eigenvalue weighted by Gasteiger charge is 2.23. The van der Waals surface area contributed by atoms with Crippen LogP contribution in [0.3, 0.4) is 0 Å². The number of hydrogen-bond donors (Lipinski definition) is 10. The van der Waals surface area contributed by atoms with Crippen LogP contribution in [0.25, 0.3) is 0 Å². The van der Waals surface area contributed by atoms with Gasteiger partial charge in [-0.1, -0.05) is 18.2 Å². The number of carbonyl (C=O) groups excluding carboxylic acids is 4. The number of nitrogens with one attached hydrogen (secondary N) is 4. The van der Waals surface area contributed by atoms with Gasteiger partial charge in [-0.15, -0.1) is 0 Å². The van der Waals surface area contributed by atoms with Gasteiger partial charge in [0.1, 0.15) is 6.04 Å². The third-order valence-corrected chi connectivity index (χ3v) is 6.31. The number of benzene rings is 3. The van der Waals surface area contributed by atoms with Crippen LogP contribution in [-0.4, -0.2) is 79.9 Å². The van der Waals surface area contributed by atoms with Gasteiger partial charge in [-0.2, -0.15) is 0 Å². The van der Waals surface area contributed by atoms with E-state index in [1.807, 2.05) is 0 Å². The molecule has 1 atom stereocenters. The van der Waals surface area contributed by atoms with Crippen molar-refractivity contribution in [2.24, 2.45) is 0 Å². The third-order valence-electron chi connectivity index (χ3n) is 6.31. The molecule has 0 aromatic heterocycles. The average molecular weight is 597 g/mol. The lowest BCUT2D eigenvalue weighted by Crippen LogP contribution is -2.48. The molecule has 0 saturated heterocycles. The molecule has 228 valence electrons. The zero-order valence-electron chi connectivity index (χ0n) is 22.8. The largest absolute Gasteiger partial charge is 0.504 e. The molecule has 0 aliphatic carbocycles. The number of carbonyl (C=O) groups is 4. The Morgan fingerprint density at radius 1 is 0.535 bits per heavy atom. The van der Waals surface area contributed by atoms with Crippen molar-refractivity contribution < 1.29 is 49.8 Å². The lowest BCUT2D eigenvalue weighted by atomic mass is 10.1. The Morgan fingerprint density at radius 2 is 0.953 bits per heavy atom. The van der Waals surface area contributed by atoms with Gasteiger partial charge in [-0.3, -0.25) is 19.2 Å². The van der Waals surface area contributed by atoms with Crippen molar-refractivity contribution in [2.75, 3.05) is 19.6 Å². The lowest BCUT2D eigenvalue weighted by molar-refractivity contribution is -0.123. The van der Waals surface area contributed by atoms with Crippen LogP contribution in [0.1, 0.15) is 50.3 Å². The molecule has 43 heavy (non-hydrogen) atoms. The average Bonchev–Trinajstić information content (AvgIpc) is 2.98. The lowest BCUT2D eigenvalue weighted by Gasteiger charge is -2.19. The van der Waals surface area contributed by atoms with E-state index in [0.29, 0.717) is 12.8 Å². The Hall–Kier alpha value is -5.66. The molecule has 14 nitrogen and oxygen atoms in total. The second-order valence-electron chi connectivity index (χ2n) is 9.34. The van der Waals surface area contributed by atoms with Gasteiger partial charge in [-0.05, 0) is 55.7 Å². The van der Waals surface area contributed by atoms with Crippen LogP contribution in [0, 0.1) is 0 Å². The van der Waals surface area contributed by atoms with Crippen LogP contribution < -0.4 is 21.3 Å². The molecule has 0 radical (unpaired) electrons. The molecule has 0 bridgehead atoms. The summed E-state index contributed by atoms with van der Waals surface area (Å²) in [4.78, 5) is 50.3. The fourth-order valence-electron chi connectivity index (χ4n) is 4.00. The summed E-state index contributed by atoms with van der Waals surface area (Å²) in [5.41, 5.74) is -0.523. The van der Waals surface area contributed by atoms with Gasteiger partial charge in [0.05, 0.1) is 16.7 Å². The first-order chi connectivity index (χ1) is 20.5. The molecule has 0 heterocycles. The Labute approximate surface area is 245 Å². The molecule has 3 aromatic rings. The van der Waals surface area contributed by atoms with Crippen LogP contribution in [0.15, 0.2) is 54.6 Å². The minimum Gasteiger partial charge on any atom is -0.504 e. The number of rotatable bonds is 13. The van der Waals surface area contributed by atoms with Crippen LogP contribution in [0.2, 0.25) is 0 Å². The van der Waals surface area contributed by atoms with Crippen molar-refractivity contribution in [3.05, 3.63) is 71.3 Å². The second-order valence-corrected chi connectivity index (χ2v) is 9.34. The zero-order chi connectivity index (χ0) is 31.5. The fourth-order valence-corrected chi connectivity index (χ4v) is 4.00. The van der Waals surface area contributed by atoms with Gasteiger partial charge in [0.15, 0.2) is 34.5 Å². The number of phenols is 6. The second kappa shape index (κ2) is 14.8. The summed E-state index contributed by atoms with van der Waals surface area (Å²) in [5.74, 6) is -5.96. The molecule has 3 rings (SSSR count). The number of aromatic hydroxyl groups is 6. The van der Waals surface area contributed by atoms with Crippen LogP contribution in [-0.2, 0) is 4.79 Å². The summed E-state index contributed by atoms with van der Waals surface area (Å²) in [6, 6.07) is 10.6. The summed E-state index contributed by atoms with van der Waals surface area (Å²) in [6.07, 6.45) is 0.809. The topological polar surface area (TPSA) is 238 Å². The summed E-state index contributed by atoms with van der Waals surface area (Å²) in [5, 5.41) is 68.7. The molecule has 0 fully saturated rings. The zero-order valence-corrected chi connectivity index (χ0v) is 22.8. The predicted octanol–water partition coefficient (Wildman–Crippen LogP) is 1.17. The van der Waals surface area contributed by atoms with Crippen molar-refractivity contribution >= 4 is 23.6 Å². The molecule has 14 heteroatoms. The van der Waals surface area contributed by atoms with Gasteiger partial charge in [0.2, 0.25) is 5.91 Å². The smallest absolute Gasteiger partial charge is 0.255 e. The summed E-state index contributed by atoms with van der Waals surface area (Å²) in [7, 11) is 0. The molecule has 0 aliphatic heterocycles. The Morgan fingerprint density at radius 3 is 1.44 bits per heavy atom. The first-order valence-corrected chi connectivity index (χ1v) is 13.2.